The monoisotopic (exact) mass is 535 g/mol. The number of carbonyl (C=O) groups is 2. The number of piperazine rings is 1. The third kappa shape index (κ3) is 4.99. The van der Waals surface area contributed by atoms with Crippen molar-refractivity contribution in [3.05, 3.63) is 64.3 Å². The maximum Gasteiger partial charge on any atom is 0.410 e. The molecule has 1 aliphatic rings. The number of hydrogen-bond donors (Lipinski definition) is 1. The largest absolute Gasteiger partial charge is 0.444 e. The van der Waals surface area contributed by atoms with E-state index in [1.165, 1.54) is 15.9 Å². The van der Waals surface area contributed by atoms with Gasteiger partial charge in [0.2, 0.25) is 0 Å². The number of nitrogens with zero attached hydrogens (tertiary/aromatic N) is 6. The van der Waals surface area contributed by atoms with Gasteiger partial charge in [-0.05, 0) is 39.0 Å². The van der Waals surface area contributed by atoms with E-state index < -0.39 is 11.5 Å². The van der Waals surface area contributed by atoms with Crippen LogP contribution in [0.1, 0.15) is 31.3 Å². The number of hydrogen-bond acceptors (Lipinski definition) is 8. The average molecular weight is 536 g/mol. The molecule has 11 nitrogen and oxygen atoms in total. The highest BCUT2D eigenvalue weighted by Gasteiger charge is 2.27. The lowest BCUT2D eigenvalue weighted by molar-refractivity contribution is 0.0240. The molecule has 0 spiro atoms. The Hall–Kier alpha value is -4.19. The molecule has 3 aromatic heterocycles. The number of aromatic nitrogens is 4. The molecule has 198 valence electrons. The molecular weight excluding hydrogens is 506 g/mol. The summed E-state index contributed by atoms with van der Waals surface area (Å²) < 4.78 is 8.55. The molecule has 1 fully saturated rings. The Labute approximate surface area is 223 Å². The van der Waals surface area contributed by atoms with Crippen LogP contribution in [0, 0.1) is 0 Å². The molecule has 0 aliphatic carbocycles. The van der Waals surface area contributed by atoms with Gasteiger partial charge in [-0.2, -0.15) is 0 Å². The number of fused-ring (bicyclic) bond motifs is 1. The van der Waals surface area contributed by atoms with Crippen molar-refractivity contribution in [3.8, 4) is 5.13 Å². The number of rotatable bonds is 4. The molecule has 5 rings (SSSR count). The van der Waals surface area contributed by atoms with E-state index in [0.29, 0.717) is 37.0 Å². The van der Waals surface area contributed by atoms with Gasteiger partial charge in [-0.15, -0.1) is 11.3 Å². The predicted octanol–water partition coefficient (Wildman–Crippen LogP) is 3.49. The first kappa shape index (κ1) is 25.5. The number of pyridine rings is 1. The molecule has 2 amide bonds. The first-order valence-electron chi connectivity index (χ1n) is 12.2. The Morgan fingerprint density at radius 3 is 2.47 bits per heavy atom. The molecule has 0 radical (unpaired) electrons. The van der Waals surface area contributed by atoms with Gasteiger partial charge >= 0.3 is 11.8 Å². The zero-order valence-electron chi connectivity index (χ0n) is 21.7. The van der Waals surface area contributed by atoms with Crippen LogP contribution >= 0.6 is 11.3 Å². The van der Waals surface area contributed by atoms with Crippen molar-refractivity contribution >= 4 is 45.7 Å². The van der Waals surface area contributed by atoms with Crippen LogP contribution in [0.5, 0.6) is 0 Å². The number of imidazole rings is 1. The molecular formula is C26H29N7O4S. The topological polar surface area (TPSA) is 115 Å². The van der Waals surface area contributed by atoms with Gasteiger partial charge in [-0.3, -0.25) is 14.3 Å². The number of ether oxygens (including phenoxy) is 1. The Morgan fingerprint density at radius 2 is 1.76 bits per heavy atom. The van der Waals surface area contributed by atoms with Crippen LogP contribution in [0.2, 0.25) is 0 Å². The summed E-state index contributed by atoms with van der Waals surface area (Å²) in [4.78, 5) is 50.8. The molecule has 0 saturated carbocycles. The van der Waals surface area contributed by atoms with Gasteiger partial charge in [0.25, 0.3) is 5.91 Å². The molecule has 1 saturated heterocycles. The number of nitrogens with one attached hydrogen (secondary N) is 1. The fourth-order valence-electron chi connectivity index (χ4n) is 4.35. The lowest BCUT2D eigenvalue weighted by Gasteiger charge is -2.37. The Balaban J connectivity index is 1.31. The van der Waals surface area contributed by atoms with Crippen LogP contribution in [0.4, 0.5) is 16.2 Å². The van der Waals surface area contributed by atoms with Crippen LogP contribution in [-0.2, 0) is 11.8 Å². The van der Waals surface area contributed by atoms with E-state index in [1.807, 2.05) is 51.1 Å². The fraction of sp³-hybridized carbons (Fsp3) is 0.346. The van der Waals surface area contributed by atoms with E-state index in [-0.39, 0.29) is 17.5 Å². The molecule has 1 N–H and O–H groups in total. The van der Waals surface area contributed by atoms with E-state index in [1.54, 1.807) is 34.3 Å². The molecule has 38 heavy (non-hydrogen) atoms. The van der Waals surface area contributed by atoms with Gasteiger partial charge in [0.15, 0.2) is 5.13 Å². The summed E-state index contributed by atoms with van der Waals surface area (Å²) in [5, 5.41) is 4.97. The lowest BCUT2D eigenvalue weighted by atomic mass is 10.2. The number of carbonyl (C=O) groups excluding carboxylic acids is 2. The number of anilines is 2. The molecule has 0 bridgehead atoms. The Morgan fingerprint density at radius 1 is 1.05 bits per heavy atom. The highest BCUT2D eigenvalue weighted by Crippen LogP contribution is 2.27. The lowest BCUT2D eigenvalue weighted by Crippen LogP contribution is -2.50. The van der Waals surface area contributed by atoms with E-state index in [2.05, 4.69) is 20.2 Å². The van der Waals surface area contributed by atoms with E-state index in [4.69, 9.17) is 4.74 Å². The summed E-state index contributed by atoms with van der Waals surface area (Å²) in [6, 6.07) is 9.28. The van der Waals surface area contributed by atoms with Crippen molar-refractivity contribution < 1.29 is 14.3 Å². The third-order valence-electron chi connectivity index (χ3n) is 6.20. The van der Waals surface area contributed by atoms with Gasteiger partial charge in [0.1, 0.15) is 11.3 Å². The highest BCUT2D eigenvalue weighted by atomic mass is 32.1. The second-order valence-electron chi connectivity index (χ2n) is 9.98. The van der Waals surface area contributed by atoms with Crippen LogP contribution in [-0.4, -0.2) is 67.8 Å². The fourth-order valence-corrected chi connectivity index (χ4v) is 5.16. The second kappa shape index (κ2) is 9.93. The van der Waals surface area contributed by atoms with Crippen LogP contribution in [0.3, 0.4) is 0 Å². The SMILES string of the molecule is Cn1c(=O)n(-c2nc(C(=O)Nc3cnccc3N3CCN(C(=O)OC(C)(C)C)CC3)cs2)c2ccccc21. The highest BCUT2D eigenvalue weighted by molar-refractivity contribution is 7.12. The van der Waals surface area contributed by atoms with E-state index in [9.17, 15) is 14.4 Å². The standard InChI is InChI=1S/C26H29N7O4S/c1-26(2,3)37-25(36)32-13-11-31(12-14-32)19-9-10-27-15-17(19)28-22(34)18-16-38-23(29-18)33-21-8-6-5-7-20(21)30(4)24(33)35/h5-10,15-16H,11-14H2,1-4H3,(H,28,34). The Kier molecular flexibility index (Phi) is 6.66. The van der Waals surface area contributed by atoms with Crippen molar-refractivity contribution in [3.63, 3.8) is 0 Å². The van der Waals surface area contributed by atoms with Gasteiger partial charge in [-0.25, -0.2) is 19.1 Å². The van der Waals surface area contributed by atoms with E-state index >= 15 is 0 Å². The zero-order chi connectivity index (χ0) is 27.0. The van der Waals surface area contributed by atoms with Crippen molar-refractivity contribution in [2.45, 2.75) is 26.4 Å². The molecule has 1 aromatic carbocycles. The average Bonchev–Trinajstić information content (AvgIpc) is 3.47. The quantitative estimate of drug-likeness (QED) is 0.425. The van der Waals surface area contributed by atoms with E-state index in [0.717, 1.165) is 16.7 Å². The van der Waals surface area contributed by atoms with Crippen LogP contribution < -0.4 is 15.9 Å². The zero-order valence-corrected chi connectivity index (χ0v) is 22.5. The van der Waals surface area contributed by atoms with Gasteiger partial charge in [0.05, 0.1) is 28.6 Å². The summed E-state index contributed by atoms with van der Waals surface area (Å²) in [5.74, 6) is -0.401. The summed E-state index contributed by atoms with van der Waals surface area (Å²) in [7, 11) is 1.71. The minimum Gasteiger partial charge on any atom is -0.444 e. The normalized spacial score (nSPS) is 14.1. The van der Waals surface area contributed by atoms with Crippen molar-refractivity contribution in [1.29, 1.82) is 0 Å². The Bertz CT molecular complexity index is 1560. The molecule has 1 aliphatic heterocycles. The summed E-state index contributed by atoms with van der Waals surface area (Å²) in [6.07, 6.45) is 2.93. The third-order valence-corrected chi connectivity index (χ3v) is 7.02. The summed E-state index contributed by atoms with van der Waals surface area (Å²) in [5.41, 5.74) is 2.28. The van der Waals surface area contributed by atoms with Gasteiger partial charge < -0.3 is 19.9 Å². The maximum atomic E-state index is 13.1. The molecule has 12 heteroatoms. The summed E-state index contributed by atoms with van der Waals surface area (Å²) >= 11 is 1.23. The van der Waals surface area contributed by atoms with Crippen molar-refractivity contribution in [2.75, 3.05) is 36.4 Å². The molecule has 4 heterocycles. The first-order valence-corrected chi connectivity index (χ1v) is 13.1. The number of aryl methyl sites for hydroxylation is 1. The van der Waals surface area contributed by atoms with Crippen LogP contribution in [0.15, 0.2) is 52.9 Å². The molecule has 4 aromatic rings. The maximum absolute atomic E-state index is 13.1. The number of para-hydroxylation sites is 2. The molecule has 0 atom stereocenters. The summed E-state index contributed by atoms with van der Waals surface area (Å²) in [6.45, 7) is 7.70. The molecule has 0 unspecified atom stereocenters. The first-order chi connectivity index (χ1) is 18.1. The van der Waals surface area contributed by atoms with Gasteiger partial charge in [0, 0.05) is 44.8 Å². The smallest absolute Gasteiger partial charge is 0.410 e. The minimum absolute atomic E-state index is 0.203. The van der Waals surface area contributed by atoms with Crippen molar-refractivity contribution in [1.82, 2.24) is 24.0 Å². The van der Waals surface area contributed by atoms with Crippen LogP contribution in [0.25, 0.3) is 16.2 Å². The predicted molar refractivity (Wildman–Crippen MR) is 146 cm³/mol. The van der Waals surface area contributed by atoms with Gasteiger partial charge in [-0.1, -0.05) is 12.1 Å². The van der Waals surface area contributed by atoms with Crippen molar-refractivity contribution in [2.24, 2.45) is 7.05 Å². The number of benzene rings is 1. The number of thiazole rings is 1. The number of amides is 2. The minimum atomic E-state index is -0.548. The second-order valence-corrected chi connectivity index (χ2v) is 10.8.